The van der Waals surface area contributed by atoms with Gasteiger partial charge in [0.25, 0.3) is 0 Å². The molecule has 7 rings (SSSR count). The third-order valence-electron chi connectivity index (χ3n) is 9.57. The van der Waals surface area contributed by atoms with Gasteiger partial charge >= 0.3 is 0 Å². The third kappa shape index (κ3) is 5.54. The van der Waals surface area contributed by atoms with Crippen LogP contribution in [0.25, 0.3) is 39.1 Å². The van der Waals surface area contributed by atoms with Gasteiger partial charge in [-0.3, -0.25) is 4.99 Å². The van der Waals surface area contributed by atoms with E-state index in [0.29, 0.717) is 0 Å². The smallest absolute Gasteiger partial charge is 0.0711 e. The van der Waals surface area contributed by atoms with Gasteiger partial charge in [-0.25, -0.2) is 0 Å². The summed E-state index contributed by atoms with van der Waals surface area (Å²) in [6.07, 6.45) is 9.05. The number of nitrogens with zero attached hydrogens (tertiary/aromatic N) is 1. The van der Waals surface area contributed by atoms with Crippen LogP contribution in [-0.4, -0.2) is 5.71 Å². The highest BCUT2D eigenvalue weighted by atomic mass is 14.8. The standard InChI is InChI=1S/C45H39N/c1-31(33-15-7-5-8-16-33)29-44(36-25-23-35(24-26-36)34-17-9-6-10-18-34)46-32(2)38-19-11-12-20-39(38)37-27-28-43-41(30-37)40-21-13-14-22-42(40)45(43,3)4/h5-13,15-21,23-30H,1,14,22H2,2-4H3/b44-29-,46-32?. The second-order valence-corrected chi connectivity index (χ2v) is 12.8. The zero-order valence-corrected chi connectivity index (χ0v) is 26.9. The molecule has 0 amide bonds. The van der Waals surface area contributed by atoms with E-state index in [-0.39, 0.29) is 5.41 Å². The van der Waals surface area contributed by atoms with E-state index in [4.69, 9.17) is 4.99 Å². The zero-order valence-electron chi connectivity index (χ0n) is 26.9. The summed E-state index contributed by atoms with van der Waals surface area (Å²) in [6, 6.07) is 45.2. The molecule has 0 bridgehead atoms. The van der Waals surface area contributed by atoms with E-state index in [0.717, 1.165) is 46.5 Å². The molecule has 2 aliphatic rings. The van der Waals surface area contributed by atoms with E-state index in [9.17, 15) is 0 Å². The lowest BCUT2D eigenvalue weighted by molar-refractivity contribution is 0.607. The summed E-state index contributed by atoms with van der Waals surface area (Å²) in [6.45, 7) is 11.3. The molecular weight excluding hydrogens is 555 g/mol. The van der Waals surface area contributed by atoms with Gasteiger partial charge in [-0.15, -0.1) is 0 Å². The quantitative estimate of drug-likeness (QED) is 0.131. The summed E-state index contributed by atoms with van der Waals surface area (Å²) >= 11 is 0. The molecule has 5 aromatic carbocycles. The van der Waals surface area contributed by atoms with Crippen LogP contribution >= 0.6 is 0 Å². The molecule has 1 nitrogen and oxygen atoms in total. The van der Waals surface area contributed by atoms with Gasteiger partial charge in [0.1, 0.15) is 0 Å². The molecule has 0 N–H and O–H groups in total. The molecule has 0 aromatic heterocycles. The van der Waals surface area contributed by atoms with E-state index in [1.165, 1.54) is 39.0 Å². The van der Waals surface area contributed by atoms with E-state index < -0.39 is 0 Å². The van der Waals surface area contributed by atoms with Crippen LogP contribution in [0.1, 0.15) is 61.4 Å². The van der Waals surface area contributed by atoms with E-state index in [2.05, 4.69) is 149 Å². The predicted octanol–water partition coefficient (Wildman–Crippen LogP) is 12.0. The van der Waals surface area contributed by atoms with Gasteiger partial charge in [0, 0.05) is 22.3 Å². The molecule has 46 heavy (non-hydrogen) atoms. The summed E-state index contributed by atoms with van der Waals surface area (Å²) in [5, 5.41) is 0. The summed E-state index contributed by atoms with van der Waals surface area (Å²) in [5.74, 6) is 0. The van der Waals surface area contributed by atoms with Crippen LogP contribution in [0.5, 0.6) is 0 Å². The highest BCUT2D eigenvalue weighted by molar-refractivity contribution is 6.07. The first-order valence-corrected chi connectivity index (χ1v) is 16.2. The van der Waals surface area contributed by atoms with Gasteiger partial charge in [0.05, 0.1) is 5.70 Å². The Kier molecular flexibility index (Phi) is 7.84. The largest absolute Gasteiger partial charge is 0.252 e. The van der Waals surface area contributed by atoms with E-state index >= 15 is 0 Å². The highest BCUT2D eigenvalue weighted by Gasteiger charge is 2.37. The summed E-state index contributed by atoms with van der Waals surface area (Å²) in [4.78, 5) is 5.33. The number of hydrogen-bond donors (Lipinski definition) is 0. The molecule has 0 saturated carbocycles. The number of hydrogen-bond acceptors (Lipinski definition) is 1. The summed E-state index contributed by atoms with van der Waals surface area (Å²) in [5.41, 5.74) is 16.7. The zero-order chi connectivity index (χ0) is 31.7. The first kappa shape index (κ1) is 29.4. The Morgan fingerprint density at radius 2 is 1.35 bits per heavy atom. The van der Waals surface area contributed by atoms with Crippen LogP contribution in [-0.2, 0) is 5.41 Å². The lowest BCUT2D eigenvalue weighted by Gasteiger charge is -2.25. The van der Waals surface area contributed by atoms with Crippen LogP contribution in [0, 0.1) is 0 Å². The molecule has 0 radical (unpaired) electrons. The Bertz CT molecular complexity index is 2050. The van der Waals surface area contributed by atoms with Crippen molar-refractivity contribution in [1.82, 2.24) is 0 Å². The minimum Gasteiger partial charge on any atom is -0.252 e. The fourth-order valence-corrected chi connectivity index (χ4v) is 7.04. The monoisotopic (exact) mass is 593 g/mol. The third-order valence-corrected chi connectivity index (χ3v) is 9.57. The fourth-order valence-electron chi connectivity index (χ4n) is 7.04. The second kappa shape index (κ2) is 12.3. The molecule has 0 saturated heterocycles. The molecule has 2 aliphatic carbocycles. The minimum absolute atomic E-state index is 0.0712. The lowest BCUT2D eigenvalue weighted by atomic mass is 9.78. The summed E-state index contributed by atoms with van der Waals surface area (Å²) < 4.78 is 0. The molecule has 1 heteroatoms. The maximum Gasteiger partial charge on any atom is 0.0711 e. The van der Waals surface area contributed by atoms with Crippen LogP contribution in [0.15, 0.2) is 163 Å². The molecule has 0 unspecified atom stereocenters. The molecule has 0 aliphatic heterocycles. The van der Waals surface area contributed by atoms with Crippen molar-refractivity contribution < 1.29 is 0 Å². The van der Waals surface area contributed by atoms with Crippen LogP contribution in [0.3, 0.4) is 0 Å². The SMILES string of the molecule is C=C(/C=C(\N=C(C)c1ccccc1-c1ccc2c(c1)C1=C(CCC=C1)C2(C)C)c1ccc(-c2ccccc2)cc1)c1ccccc1. The van der Waals surface area contributed by atoms with Crippen molar-refractivity contribution >= 4 is 22.6 Å². The Hall–Kier alpha value is -5.27. The van der Waals surface area contributed by atoms with Gasteiger partial charge in [-0.1, -0.05) is 159 Å². The van der Waals surface area contributed by atoms with Crippen molar-refractivity contribution in [2.24, 2.45) is 4.99 Å². The van der Waals surface area contributed by atoms with Crippen LogP contribution < -0.4 is 0 Å². The maximum absolute atomic E-state index is 5.33. The molecular formula is C45H39N. The average Bonchev–Trinajstić information content (AvgIpc) is 3.34. The number of rotatable bonds is 7. The number of benzene rings is 5. The minimum atomic E-state index is 0.0712. The topological polar surface area (TPSA) is 12.4 Å². The maximum atomic E-state index is 5.33. The Labute approximate surface area is 273 Å². The van der Waals surface area contributed by atoms with Gasteiger partial charge in [-0.05, 0) is 82.0 Å². The number of allylic oxidation sites excluding steroid dienone is 6. The van der Waals surface area contributed by atoms with Crippen LogP contribution in [0.2, 0.25) is 0 Å². The Morgan fingerprint density at radius 1 is 0.696 bits per heavy atom. The van der Waals surface area contributed by atoms with Gasteiger partial charge in [0.15, 0.2) is 0 Å². The predicted molar refractivity (Wildman–Crippen MR) is 198 cm³/mol. The van der Waals surface area contributed by atoms with E-state index in [1.807, 2.05) is 24.3 Å². The highest BCUT2D eigenvalue weighted by Crippen LogP contribution is 2.50. The normalized spacial score (nSPS) is 15.5. The van der Waals surface area contributed by atoms with Crippen LogP contribution in [0.4, 0.5) is 0 Å². The van der Waals surface area contributed by atoms with Gasteiger partial charge in [-0.2, -0.15) is 0 Å². The molecule has 5 aromatic rings. The average molecular weight is 594 g/mol. The van der Waals surface area contributed by atoms with Gasteiger partial charge in [0.2, 0.25) is 0 Å². The molecule has 0 spiro atoms. The van der Waals surface area contributed by atoms with Gasteiger partial charge < -0.3 is 0 Å². The van der Waals surface area contributed by atoms with Crippen molar-refractivity contribution in [3.63, 3.8) is 0 Å². The number of fused-ring (bicyclic) bond motifs is 2. The molecule has 0 fully saturated rings. The molecule has 0 heterocycles. The van der Waals surface area contributed by atoms with Crippen molar-refractivity contribution in [3.05, 3.63) is 186 Å². The first-order chi connectivity index (χ1) is 22.4. The lowest BCUT2D eigenvalue weighted by Crippen LogP contribution is -2.17. The molecule has 0 atom stereocenters. The van der Waals surface area contributed by atoms with Crippen molar-refractivity contribution in [3.8, 4) is 22.3 Å². The Balaban J connectivity index is 1.30. The van der Waals surface area contributed by atoms with Crippen molar-refractivity contribution in [1.29, 1.82) is 0 Å². The van der Waals surface area contributed by atoms with Crippen molar-refractivity contribution in [2.75, 3.05) is 0 Å². The second-order valence-electron chi connectivity index (χ2n) is 12.8. The summed E-state index contributed by atoms with van der Waals surface area (Å²) in [7, 11) is 0. The first-order valence-electron chi connectivity index (χ1n) is 16.2. The van der Waals surface area contributed by atoms with E-state index in [1.54, 1.807) is 5.57 Å². The fraction of sp³-hybridized carbons (Fsp3) is 0.133. The number of aliphatic imine (C=N–C) groups is 1. The Morgan fingerprint density at radius 3 is 2.11 bits per heavy atom. The molecule has 224 valence electrons. The van der Waals surface area contributed by atoms with Crippen molar-refractivity contribution in [2.45, 2.75) is 39.0 Å².